The van der Waals surface area contributed by atoms with Crippen molar-refractivity contribution in [3.8, 4) is 11.8 Å². The zero-order valence-electron chi connectivity index (χ0n) is 16.5. The van der Waals surface area contributed by atoms with Crippen molar-refractivity contribution in [1.29, 1.82) is 5.26 Å². The van der Waals surface area contributed by atoms with Crippen LogP contribution in [0.4, 0.5) is 5.82 Å². The van der Waals surface area contributed by atoms with E-state index in [1.807, 2.05) is 48.5 Å². The summed E-state index contributed by atoms with van der Waals surface area (Å²) >= 11 is 0. The van der Waals surface area contributed by atoms with E-state index < -0.39 is 0 Å². The van der Waals surface area contributed by atoms with Crippen molar-refractivity contribution >= 4 is 5.82 Å². The molecule has 29 heavy (non-hydrogen) atoms. The van der Waals surface area contributed by atoms with Gasteiger partial charge in [0.1, 0.15) is 18.2 Å². The van der Waals surface area contributed by atoms with Crippen molar-refractivity contribution in [1.82, 2.24) is 10.3 Å². The lowest BCUT2D eigenvalue weighted by atomic mass is 10.1. The highest BCUT2D eigenvalue weighted by Crippen LogP contribution is 2.16. The smallest absolute Gasteiger partial charge is 0.125 e. The van der Waals surface area contributed by atoms with Gasteiger partial charge in [0.2, 0.25) is 0 Å². The van der Waals surface area contributed by atoms with E-state index in [9.17, 15) is 0 Å². The summed E-state index contributed by atoms with van der Waals surface area (Å²) in [7, 11) is 0. The van der Waals surface area contributed by atoms with E-state index in [0.29, 0.717) is 12.2 Å². The standard InChI is InChI=1S/C24H26N4O/c25-17-20-7-5-9-22(15-20)19-29-23-10-6-8-21(16-23)18-26-12-3-4-14-28-24-11-1-2-13-27-24/h1-2,5-11,13,15-16,26H,3-4,12,14,18-19H2,(H,27,28). The van der Waals surface area contributed by atoms with Crippen LogP contribution in [0.3, 0.4) is 0 Å². The molecular weight excluding hydrogens is 360 g/mol. The summed E-state index contributed by atoms with van der Waals surface area (Å²) in [6.07, 6.45) is 3.99. The van der Waals surface area contributed by atoms with Gasteiger partial charge in [0.25, 0.3) is 0 Å². The third-order valence-electron chi connectivity index (χ3n) is 4.44. The summed E-state index contributed by atoms with van der Waals surface area (Å²) in [5.41, 5.74) is 2.84. The van der Waals surface area contributed by atoms with Gasteiger partial charge in [0.15, 0.2) is 0 Å². The van der Waals surface area contributed by atoms with Crippen LogP contribution in [0, 0.1) is 11.3 Å². The lowest BCUT2D eigenvalue weighted by Gasteiger charge is -2.10. The Morgan fingerprint density at radius 1 is 0.897 bits per heavy atom. The Bertz CT molecular complexity index is 921. The molecule has 0 aliphatic heterocycles. The number of hydrogen-bond donors (Lipinski definition) is 2. The summed E-state index contributed by atoms with van der Waals surface area (Å²) in [5, 5.41) is 15.8. The van der Waals surface area contributed by atoms with Gasteiger partial charge in [-0.25, -0.2) is 4.98 Å². The topological polar surface area (TPSA) is 70.0 Å². The molecule has 148 valence electrons. The fourth-order valence-corrected chi connectivity index (χ4v) is 2.93. The molecule has 0 bridgehead atoms. The van der Waals surface area contributed by atoms with Crippen molar-refractivity contribution < 1.29 is 4.74 Å². The van der Waals surface area contributed by atoms with Crippen LogP contribution in [-0.2, 0) is 13.2 Å². The van der Waals surface area contributed by atoms with Gasteiger partial charge in [-0.1, -0.05) is 30.3 Å². The second-order valence-corrected chi connectivity index (χ2v) is 6.77. The molecule has 0 aliphatic carbocycles. The minimum absolute atomic E-state index is 0.454. The van der Waals surface area contributed by atoms with Gasteiger partial charge >= 0.3 is 0 Å². The third kappa shape index (κ3) is 7.28. The molecule has 0 saturated heterocycles. The summed E-state index contributed by atoms with van der Waals surface area (Å²) in [4.78, 5) is 4.25. The number of ether oxygens (including phenoxy) is 1. The zero-order valence-corrected chi connectivity index (χ0v) is 16.5. The molecule has 0 spiro atoms. The fraction of sp³-hybridized carbons (Fsp3) is 0.250. The number of unbranched alkanes of at least 4 members (excludes halogenated alkanes) is 1. The number of nitrogens with zero attached hydrogens (tertiary/aromatic N) is 2. The second-order valence-electron chi connectivity index (χ2n) is 6.77. The number of rotatable bonds is 11. The minimum atomic E-state index is 0.454. The van der Waals surface area contributed by atoms with E-state index >= 15 is 0 Å². The molecule has 0 radical (unpaired) electrons. The largest absolute Gasteiger partial charge is 0.489 e. The predicted molar refractivity (Wildman–Crippen MR) is 116 cm³/mol. The number of benzene rings is 2. The SMILES string of the molecule is N#Cc1cccc(COc2cccc(CNCCCCNc3ccccn3)c2)c1. The van der Waals surface area contributed by atoms with Gasteiger partial charge in [-0.05, 0) is 66.9 Å². The zero-order chi connectivity index (χ0) is 20.2. The van der Waals surface area contributed by atoms with Gasteiger partial charge in [0, 0.05) is 19.3 Å². The number of hydrogen-bond acceptors (Lipinski definition) is 5. The molecule has 3 rings (SSSR count). The van der Waals surface area contributed by atoms with Crippen LogP contribution in [0.2, 0.25) is 0 Å². The Balaban J connectivity index is 1.33. The molecule has 0 aliphatic rings. The summed E-state index contributed by atoms with van der Waals surface area (Å²) in [6.45, 7) is 3.16. The first-order valence-corrected chi connectivity index (χ1v) is 9.90. The Hall–Kier alpha value is -3.36. The van der Waals surface area contributed by atoms with Crippen molar-refractivity contribution in [2.75, 3.05) is 18.4 Å². The average molecular weight is 386 g/mol. The molecule has 1 aromatic heterocycles. The predicted octanol–water partition coefficient (Wildman–Crippen LogP) is 4.51. The van der Waals surface area contributed by atoms with E-state index in [-0.39, 0.29) is 0 Å². The normalized spacial score (nSPS) is 10.3. The molecule has 0 saturated carbocycles. The summed E-state index contributed by atoms with van der Waals surface area (Å²) in [5.74, 6) is 1.77. The molecule has 5 nitrogen and oxygen atoms in total. The molecule has 0 amide bonds. The van der Waals surface area contributed by atoms with Crippen LogP contribution < -0.4 is 15.4 Å². The molecule has 5 heteroatoms. The number of anilines is 1. The van der Waals surface area contributed by atoms with Crippen molar-refractivity contribution in [2.45, 2.75) is 26.0 Å². The quantitative estimate of drug-likeness (QED) is 0.474. The van der Waals surface area contributed by atoms with E-state index in [0.717, 1.165) is 49.6 Å². The highest BCUT2D eigenvalue weighted by atomic mass is 16.5. The van der Waals surface area contributed by atoms with Gasteiger partial charge < -0.3 is 15.4 Å². The van der Waals surface area contributed by atoms with E-state index in [1.165, 1.54) is 5.56 Å². The average Bonchev–Trinajstić information content (AvgIpc) is 2.78. The minimum Gasteiger partial charge on any atom is -0.489 e. The van der Waals surface area contributed by atoms with Gasteiger partial charge in [0.05, 0.1) is 11.6 Å². The molecule has 0 unspecified atom stereocenters. The van der Waals surface area contributed by atoms with Crippen LogP contribution in [0.15, 0.2) is 72.9 Å². The van der Waals surface area contributed by atoms with Crippen molar-refractivity contribution in [3.63, 3.8) is 0 Å². The van der Waals surface area contributed by atoms with Crippen LogP contribution >= 0.6 is 0 Å². The molecule has 2 aromatic carbocycles. The molecule has 2 N–H and O–H groups in total. The monoisotopic (exact) mass is 386 g/mol. The highest BCUT2D eigenvalue weighted by molar-refractivity contribution is 5.34. The molecule has 0 atom stereocenters. The Labute approximate surface area is 172 Å². The molecule has 0 fully saturated rings. The van der Waals surface area contributed by atoms with Crippen LogP contribution in [0.5, 0.6) is 5.75 Å². The lowest BCUT2D eigenvalue weighted by Crippen LogP contribution is -2.16. The highest BCUT2D eigenvalue weighted by Gasteiger charge is 2.00. The van der Waals surface area contributed by atoms with Gasteiger partial charge in [-0.15, -0.1) is 0 Å². The lowest BCUT2D eigenvalue weighted by molar-refractivity contribution is 0.306. The van der Waals surface area contributed by atoms with E-state index in [2.05, 4.69) is 33.8 Å². The summed E-state index contributed by atoms with van der Waals surface area (Å²) in [6, 6.07) is 23.7. The third-order valence-corrected chi connectivity index (χ3v) is 4.44. The Morgan fingerprint density at radius 3 is 2.62 bits per heavy atom. The van der Waals surface area contributed by atoms with Crippen LogP contribution in [-0.4, -0.2) is 18.1 Å². The summed E-state index contributed by atoms with van der Waals surface area (Å²) < 4.78 is 5.88. The van der Waals surface area contributed by atoms with Crippen molar-refractivity contribution in [3.05, 3.63) is 89.6 Å². The first-order valence-electron chi connectivity index (χ1n) is 9.90. The molecule has 1 heterocycles. The number of pyridine rings is 1. The van der Waals surface area contributed by atoms with Crippen LogP contribution in [0.25, 0.3) is 0 Å². The number of nitrogens with one attached hydrogen (secondary N) is 2. The Morgan fingerprint density at radius 2 is 1.76 bits per heavy atom. The van der Waals surface area contributed by atoms with Gasteiger partial charge in [-0.2, -0.15) is 5.26 Å². The first kappa shape index (κ1) is 20.4. The number of nitriles is 1. The maximum Gasteiger partial charge on any atom is 0.125 e. The molecular formula is C24H26N4O. The number of aromatic nitrogens is 1. The maximum absolute atomic E-state index is 8.98. The Kier molecular flexibility index (Phi) is 8.06. The van der Waals surface area contributed by atoms with Crippen LogP contribution in [0.1, 0.15) is 29.5 Å². The van der Waals surface area contributed by atoms with Gasteiger partial charge in [-0.3, -0.25) is 0 Å². The second kappa shape index (κ2) is 11.5. The fourth-order valence-electron chi connectivity index (χ4n) is 2.93. The van der Waals surface area contributed by atoms with E-state index in [4.69, 9.17) is 10.00 Å². The molecule has 3 aromatic rings. The first-order chi connectivity index (χ1) is 14.3. The van der Waals surface area contributed by atoms with E-state index in [1.54, 1.807) is 12.3 Å². The van der Waals surface area contributed by atoms with Crippen molar-refractivity contribution in [2.24, 2.45) is 0 Å². The maximum atomic E-state index is 8.98.